The molecule has 8 nitrogen and oxygen atoms in total. The molecular formula is C26H32N4O4. The van der Waals surface area contributed by atoms with Crippen LogP contribution < -0.4 is 5.32 Å². The predicted molar refractivity (Wildman–Crippen MR) is 129 cm³/mol. The monoisotopic (exact) mass is 464 g/mol. The topological polar surface area (TPSA) is 85.7 Å². The van der Waals surface area contributed by atoms with Gasteiger partial charge in [-0.25, -0.2) is 4.98 Å². The summed E-state index contributed by atoms with van der Waals surface area (Å²) in [6.45, 7) is 7.40. The summed E-state index contributed by atoms with van der Waals surface area (Å²) >= 11 is 0. The first-order chi connectivity index (χ1) is 16.5. The Hall–Kier alpha value is -3.23. The number of rotatable bonds is 10. The van der Waals surface area contributed by atoms with E-state index in [0.717, 1.165) is 22.4 Å². The maximum atomic E-state index is 13.8. The van der Waals surface area contributed by atoms with Gasteiger partial charge in [0, 0.05) is 19.8 Å². The van der Waals surface area contributed by atoms with Crippen molar-refractivity contribution < 1.29 is 19.1 Å². The number of nitrogens with zero attached hydrogens (tertiary/aromatic N) is 3. The molecule has 2 aromatic carbocycles. The molecule has 2 atom stereocenters. The van der Waals surface area contributed by atoms with E-state index >= 15 is 0 Å². The van der Waals surface area contributed by atoms with Crippen molar-refractivity contribution in [2.45, 2.75) is 52.1 Å². The van der Waals surface area contributed by atoms with E-state index in [0.29, 0.717) is 19.8 Å². The first kappa shape index (κ1) is 23.9. The van der Waals surface area contributed by atoms with Gasteiger partial charge in [-0.05, 0) is 38.5 Å². The lowest BCUT2D eigenvalue weighted by atomic mass is 10.0. The molecule has 0 saturated heterocycles. The SMILES string of the molecule is CCOC(CNC(=O)C[C@@H]1C(=O)N(Cc2ccccc2)[C@@H](C)c2nc3ccccc3n21)OCC. The highest BCUT2D eigenvalue weighted by molar-refractivity contribution is 5.90. The van der Waals surface area contributed by atoms with Gasteiger partial charge >= 0.3 is 0 Å². The Labute approximate surface area is 199 Å². The Morgan fingerprint density at radius 1 is 1.06 bits per heavy atom. The fourth-order valence-corrected chi connectivity index (χ4v) is 4.47. The number of imidazole rings is 1. The minimum atomic E-state index is -0.681. The Bertz CT molecular complexity index is 1120. The van der Waals surface area contributed by atoms with E-state index in [-0.39, 0.29) is 30.8 Å². The van der Waals surface area contributed by atoms with Crippen LogP contribution in [0.2, 0.25) is 0 Å². The molecule has 1 aliphatic rings. The van der Waals surface area contributed by atoms with Crippen LogP contribution >= 0.6 is 0 Å². The first-order valence-corrected chi connectivity index (χ1v) is 11.8. The van der Waals surface area contributed by atoms with Gasteiger partial charge < -0.3 is 24.3 Å². The number of hydrogen-bond donors (Lipinski definition) is 1. The van der Waals surface area contributed by atoms with Gasteiger partial charge in [-0.1, -0.05) is 42.5 Å². The highest BCUT2D eigenvalue weighted by atomic mass is 16.7. The zero-order chi connectivity index (χ0) is 24.1. The molecule has 2 heterocycles. The van der Waals surface area contributed by atoms with Gasteiger partial charge in [0.2, 0.25) is 11.8 Å². The highest BCUT2D eigenvalue weighted by Gasteiger charge is 2.40. The number of carbonyl (C=O) groups excluding carboxylic acids is 2. The van der Waals surface area contributed by atoms with Crippen LogP contribution in [0.25, 0.3) is 11.0 Å². The van der Waals surface area contributed by atoms with E-state index in [2.05, 4.69) is 5.32 Å². The smallest absolute Gasteiger partial charge is 0.247 e. The molecule has 2 amide bonds. The fourth-order valence-electron chi connectivity index (χ4n) is 4.47. The quantitative estimate of drug-likeness (QED) is 0.464. The third-order valence-corrected chi connectivity index (χ3v) is 6.09. The molecule has 0 fully saturated rings. The average Bonchev–Trinajstić information content (AvgIpc) is 3.24. The van der Waals surface area contributed by atoms with Crippen molar-refractivity contribution >= 4 is 22.8 Å². The minimum absolute atomic E-state index is 0.00909. The maximum absolute atomic E-state index is 13.8. The molecule has 3 aromatic rings. The Balaban J connectivity index is 1.61. The number of hydrogen-bond acceptors (Lipinski definition) is 5. The van der Waals surface area contributed by atoms with E-state index in [4.69, 9.17) is 14.5 Å². The van der Waals surface area contributed by atoms with Crippen molar-refractivity contribution in [3.63, 3.8) is 0 Å². The first-order valence-electron chi connectivity index (χ1n) is 11.8. The second-order valence-electron chi connectivity index (χ2n) is 8.32. The van der Waals surface area contributed by atoms with E-state index in [9.17, 15) is 9.59 Å². The van der Waals surface area contributed by atoms with Crippen LogP contribution in [-0.2, 0) is 25.6 Å². The maximum Gasteiger partial charge on any atom is 0.247 e. The molecule has 0 radical (unpaired) electrons. The number of ether oxygens (including phenoxy) is 2. The molecule has 0 saturated carbocycles. The summed E-state index contributed by atoms with van der Waals surface area (Å²) < 4.78 is 13.0. The molecular weight excluding hydrogens is 432 g/mol. The zero-order valence-electron chi connectivity index (χ0n) is 19.9. The lowest BCUT2D eigenvalue weighted by Gasteiger charge is -2.38. The van der Waals surface area contributed by atoms with Gasteiger partial charge in [0.1, 0.15) is 11.9 Å². The number of carbonyl (C=O) groups is 2. The Kier molecular flexibility index (Phi) is 7.59. The zero-order valence-corrected chi connectivity index (χ0v) is 19.9. The molecule has 8 heteroatoms. The molecule has 34 heavy (non-hydrogen) atoms. The number of aromatic nitrogens is 2. The van der Waals surface area contributed by atoms with Crippen LogP contribution in [0.15, 0.2) is 54.6 Å². The highest BCUT2D eigenvalue weighted by Crippen LogP contribution is 2.37. The van der Waals surface area contributed by atoms with Gasteiger partial charge in [-0.15, -0.1) is 0 Å². The number of benzene rings is 2. The lowest BCUT2D eigenvalue weighted by molar-refractivity contribution is -0.145. The van der Waals surface area contributed by atoms with Gasteiger partial charge in [0.15, 0.2) is 6.29 Å². The summed E-state index contributed by atoms with van der Waals surface area (Å²) in [5, 5.41) is 2.87. The Morgan fingerprint density at radius 2 is 1.74 bits per heavy atom. The predicted octanol–water partition coefficient (Wildman–Crippen LogP) is 3.59. The number of amides is 2. The Morgan fingerprint density at radius 3 is 2.44 bits per heavy atom. The number of fused-ring (bicyclic) bond motifs is 3. The normalized spacial score (nSPS) is 17.9. The molecule has 0 spiro atoms. The minimum Gasteiger partial charge on any atom is -0.351 e. The summed E-state index contributed by atoms with van der Waals surface area (Å²) in [7, 11) is 0. The molecule has 1 aliphatic heterocycles. The standard InChI is InChI=1S/C26H32N4O4/c1-4-33-24(34-5-2)16-27-23(31)15-22-26(32)29(17-19-11-7-6-8-12-19)18(3)25-28-20-13-9-10-14-21(20)30(22)25/h6-14,18,22,24H,4-5,15-17H2,1-3H3,(H,27,31)/t18-,22+/m0/s1. The van der Waals surface area contributed by atoms with Crippen molar-refractivity contribution in [3.8, 4) is 0 Å². The number of para-hydroxylation sites is 2. The molecule has 0 aliphatic carbocycles. The van der Waals surface area contributed by atoms with Crippen molar-refractivity contribution in [1.82, 2.24) is 19.8 Å². The second kappa shape index (κ2) is 10.8. The van der Waals surface area contributed by atoms with Gasteiger partial charge in [-0.3, -0.25) is 9.59 Å². The van der Waals surface area contributed by atoms with E-state index < -0.39 is 12.3 Å². The molecule has 0 bridgehead atoms. The molecule has 4 rings (SSSR count). The summed E-state index contributed by atoms with van der Waals surface area (Å²) in [6, 6.07) is 16.7. The molecule has 0 unspecified atom stereocenters. The van der Waals surface area contributed by atoms with Crippen LogP contribution in [0.5, 0.6) is 0 Å². The van der Waals surface area contributed by atoms with Crippen LogP contribution in [0.1, 0.15) is 50.7 Å². The summed E-state index contributed by atoms with van der Waals surface area (Å²) in [5.41, 5.74) is 2.71. The van der Waals surface area contributed by atoms with Crippen LogP contribution in [-0.4, -0.2) is 52.3 Å². The summed E-state index contributed by atoms with van der Waals surface area (Å²) in [4.78, 5) is 33.4. The lowest BCUT2D eigenvalue weighted by Crippen LogP contribution is -2.46. The fraction of sp³-hybridized carbons (Fsp3) is 0.423. The summed E-state index contributed by atoms with van der Waals surface area (Å²) in [5.74, 6) is 0.463. The van der Waals surface area contributed by atoms with Crippen molar-refractivity contribution in [2.24, 2.45) is 0 Å². The van der Waals surface area contributed by atoms with Crippen molar-refractivity contribution in [2.75, 3.05) is 19.8 Å². The molecule has 180 valence electrons. The second-order valence-corrected chi connectivity index (χ2v) is 8.32. The van der Waals surface area contributed by atoms with Crippen LogP contribution in [0.3, 0.4) is 0 Å². The van der Waals surface area contributed by atoms with Crippen LogP contribution in [0.4, 0.5) is 0 Å². The number of nitrogens with one attached hydrogen (secondary N) is 1. The third-order valence-electron chi connectivity index (χ3n) is 6.09. The van der Waals surface area contributed by atoms with Crippen molar-refractivity contribution in [1.29, 1.82) is 0 Å². The van der Waals surface area contributed by atoms with Crippen LogP contribution in [0, 0.1) is 0 Å². The van der Waals surface area contributed by atoms with Gasteiger partial charge in [0.05, 0.1) is 30.0 Å². The molecule has 1 N–H and O–H groups in total. The summed E-state index contributed by atoms with van der Waals surface area (Å²) in [6.07, 6.45) is -0.505. The van der Waals surface area contributed by atoms with E-state index in [1.165, 1.54) is 0 Å². The molecule has 1 aromatic heterocycles. The van der Waals surface area contributed by atoms with Gasteiger partial charge in [0.25, 0.3) is 0 Å². The van der Waals surface area contributed by atoms with Crippen molar-refractivity contribution in [3.05, 3.63) is 66.0 Å². The largest absolute Gasteiger partial charge is 0.351 e. The third kappa shape index (κ3) is 4.98. The van der Waals surface area contributed by atoms with Gasteiger partial charge in [-0.2, -0.15) is 0 Å². The van der Waals surface area contributed by atoms with E-state index in [1.807, 2.05) is 84.8 Å². The average molecular weight is 465 g/mol. The van der Waals surface area contributed by atoms with E-state index in [1.54, 1.807) is 0 Å².